The minimum absolute atomic E-state index is 0.138. The lowest BCUT2D eigenvalue weighted by Crippen LogP contribution is -2.64. The van der Waals surface area contributed by atoms with E-state index in [4.69, 9.17) is 11.5 Å². The van der Waals surface area contributed by atoms with Crippen LogP contribution in [0.25, 0.3) is 0 Å². The van der Waals surface area contributed by atoms with Crippen LogP contribution in [0.1, 0.15) is 43.2 Å². The van der Waals surface area contributed by atoms with Gasteiger partial charge in [-0.3, -0.25) is 0 Å². The van der Waals surface area contributed by atoms with E-state index in [0.717, 1.165) is 32.1 Å². The van der Waals surface area contributed by atoms with Gasteiger partial charge in [-0.05, 0) is 67.4 Å². The van der Waals surface area contributed by atoms with E-state index < -0.39 is 0 Å². The number of hydrogen-bond acceptors (Lipinski definition) is 2. The number of rotatable bonds is 4. The Morgan fingerprint density at radius 1 is 0.800 bits per heavy atom. The van der Waals surface area contributed by atoms with Crippen LogP contribution in [-0.4, -0.2) is 11.6 Å². The fraction of sp³-hybridized carbons (Fsp3) is 0.478. The molecule has 0 heterocycles. The van der Waals surface area contributed by atoms with Crippen molar-refractivity contribution >= 4 is 0 Å². The average molecular weight is 335 g/mol. The molecule has 0 amide bonds. The lowest BCUT2D eigenvalue weighted by atomic mass is 9.49. The molecule has 2 aromatic rings. The summed E-state index contributed by atoms with van der Waals surface area (Å²) in [5, 5.41) is 0. The number of nitrogens with two attached hydrogens (primary N) is 2. The van der Waals surface area contributed by atoms with Crippen LogP contribution in [0.5, 0.6) is 0 Å². The minimum Gasteiger partial charge on any atom is -0.327 e. The molecule has 0 aliphatic heterocycles. The van der Waals surface area contributed by atoms with Crippen LogP contribution in [0, 0.1) is 11.3 Å². The fourth-order valence-corrected chi connectivity index (χ4v) is 5.47. The Hall–Kier alpha value is -1.64. The molecular formula is C23H30N2. The van der Waals surface area contributed by atoms with Gasteiger partial charge in [0.1, 0.15) is 0 Å². The van der Waals surface area contributed by atoms with Crippen molar-refractivity contribution in [1.29, 1.82) is 0 Å². The highest BCUT2D eigenvalue weighted by Crippen LogP contribution is 2.55. The summed E-state index contributed by atoms with van der Waals surface area (Å²) in [4.78, 5) is 0. The smallest absolute Gasteiger partial charge is 0.0255 e. The topological polar surface area (TPSA) is 52.0 Å². The van der Waals surface area contributed by atoms with E-state index in [1.165, 1.54) is 24.0 Å². The number of fused-ring (bicyclic) bond motifs is 2. The molecule has 0 spiro atoms. The van der Waals surface area contributed by atoms with E-state index in [1.54, 1.807) is 0 Å². The monoisotopic (exact) mass is 334 g/mol. The molecule has 25 heavy (non-hydrogen) atoms. The Morgan fingerprint density at radius 3 is 2.04 bits per heavy atom. The highest BCUT2D eigenvalue weighted by Gasteiger charge is 2.55. The van der Waals surface area contributed by atoms with Crippen molar-refractivity contribution in [1.82, 2.24) is 0 Å². The zero-order chi connectivity index (χ0) is 17.3. The molecular weight excluding hydrogens is 304 g/mol. The zero-order valence-electron chi connectivity index (χ0n) is 15.0. The van der Waals surface area contributed by atoms with Crippen molar-refractivity contribution in [3.05, 3.63) is 71.8 Å². The molecule has 2 saturated carbocycles. The van der Waals surface area contributed by atoms with Gasteiger partial charge in [0.15, 0.2) is 0 Å². The summed E-state index contributed by atoms with van der Waals surface area (Å²) in [5.41, 5.74) is 16.5. The van der Waals surface area contributed by atoms with Gasteiger partial charge in [0.25, 0.3) is 0 Å². The minimum atomic E-state index is -0.138. The first-order chi connectivity index (χ1) is 12.1. The molecule has 4 unspecified atom stereocenters. The molecule has 4 N–H and O–H groups in total. The second-order valence-corrected chi connectivity index (χ2v) is 8.47. The molecule has 4 atom stereocenters. The van der Waals surface area contributed by atoms with E-state index >= 15 is 0 Å². The van der Waals surface area contributed by atoms with Gasteiger partial charge in [-0.2, -0.15) is 0 Å². The van der Waals surface area contributed by atoms with E-state index in [-0.39, 0.29) is 11.0 Å². The Bertz CT molecular complexity index is 699. The van der Waals surface area contributed by atoms with Crippen molar-refractivity contribution in [2.75, 3.05) is 0 Å². The molecule has 2 heteroatoms. The van der Waals surface area contributed by atoms with Crippen LogP contribution in [0.15, 0.2) is 60.7 Å². The Labute approximate surface area is 151 Å². The first-order valence-electron chi connectivity index (χ1n) is 9.73. The quantitative estimate of drug-likeness (QED) is 0.885. The first-order valence-corrected chi connectivity index (χ1v) is 9.73. The average Bonchev–Trinajstić information content (AvgIpc) is 2.63. The van der Waals surface area contributed by atoms with Crippen LogP contribution >= 0.6 is 0 Å². The van der Waals surface area contributed by atoms with E-state index in [0.29, 0.717) is 12.0 Å². The van der Waals surface area contributed by atoms with Gasteiger partial charge in [-0.25, -0.2) is 0 Å². The van der Waals surface area contributed by atoms with Gasteiger partial charge in [0.05, 0.1) is 0 Å². The van der Waals surface area contributed by atoms with Gasteiger partial charge in [-0.1, -0.05) is 60.7 Å². The molecule has 132 valence electrons. The molecule has 2 aliphatic rings. The van der Waals surface area contributed by atoms with Gasteiger partial charge in [0.2, 0.25) is 0 Å². The maximum absolute atomic E-state index is 7.23. The predicted octanol–water partition coefficient (Wildman–Crippen LogP) is 4.08. The standard InChI is InChI=1S/C23H30N2/c24-21-12-13-22(15-18-7-3-1-4-8-18)17-20(21)11-14-23(22,25)16-19-9-5-2-6-10-19/h1-10,20-21H,11-17,24-25H2. The Morgan fingerprint density at radius 2 is 1.40 bits per heavy atom. The molecule has 2 nitrogen and oxygen atoms in total. The van der Waals surface area contributed by atoms with Crippen molar-refractivity contribution in [3.63, 3.8) is 0 Å². The molecule has 2 fully saturated rings. The molecule has 2 bridgehead atoms. The molecule has 2 aromatic carbocycles. The largest absolute Gasteiger partial charge is 0.327 e. The molecule has 4 rings (SSSR count). The zero-order valence-corrected chi connectivity index (χ0v) is 15.0. The summed E-state index contributed by atoms with van der Waals surface area (Å²) in [7, 11) is 0. The summed E-state index contributed by atoms with van der Waals surface area (Å²) in [6.07, 6.45) is 7.79. The molecule has 0 saturated heterocycles. The summed E-state index contributed by atoms with van der Waals surface area (Å²) in [6.45, 7) is 0. The summed E-state index contributed by atoms with van der Waals surface area (Å²) < 4.78 is 0. The van der Waals surface area contributed by atoms with Gasteiger partial charge >= 0.3 is 0 Å². The van der Waals surface area contributed by atoms with Crippen molar-refractivity contribution in [2.24, 2.45) is 22.8 Å². The normalized spacial score (nSPS) is 34.6. The second kappa shape index (κ2) is 6.59. The van der Waals surface area contributed by atoms with Crippen molar-refractivity contribution in [3.8, 4) is 0 Å². The van der Waals surface area contributed by atoms with Crippen LogP contribution in [0.2, 0.25) is 0 Å². The summed E-state index contributed by atoms with van der Waals surface area (Å²) in [6, 6.07) is 22.1. The summed E-state index contributed by atoms with van der Waals surface area (Å²) in [5.74, 6) is 0.643. The number of hydrogen-bond donors (Lipinski definition) is 2. The summed E-state index contributed by atoms with van der Waals surface area (Å²) >= 11 is 0. The van der Waals surface area contributed by atoms with Crippen molar-refractivity contribution < 1.29 is 0 Å². The lowest BCUT2D eigenvalue weighted by Gasteiger charge is -2.58. The van der Waals surface area contributed by atoms with Gasteiger partial charge in [0, 0.05) is 11.6 Å². The van der Waals surface area contributed by atoms with E-state index in [2.05, 4.69) is 60.7 Å². The van der Waals surface area contributed by atoms with Gasteiger partial charge < -0.3 is 11.5 Å². The third-order valence-electron chi connectivity index (χ3n) is 6.98. The third-order valence-corrected chi connectivity index (χ3v) is 6.98. The fourth-order valence-electron chi connectivity index (χ4n) is 5.47. The van der Waals surface area contributed by atoms with Crippen molar-refractivity contribution in [2.45, 2.75) is 56.5 Å². The lowest BCUT2D eigenvalue weighted by molar-refractivity contribution is -0.0194. The second-order valence-electron chi connectivity index (χ2n) is 8.47. The van der Waals surface area contributed by atoms with Crippen LogP contribution in [-0.2, 0) is 12.8 Å². The third kappa shape index (κ3) is 3.14. The maximum atomic E-state index is 7.23. The maximum Gasteiger partial charge on any atom is 0.0255 e. The van der Waals surface area contributed by atoms with Gasteiger partial charge in [-0.15, -0.1) is 0 Å². The SMILES string of the molecule is NC1CCC2(Cc3ccccc3)CC1CCC2(N)Cc1ccccc1. The molecule has 0 aromatic heterocycles. The van der Waals surface area contributed by atoms with E-state index in [9.17, 15) is 0 Å². The highest BCUT2D eigenvalue weighted by molar-refractivity contribution is 5.25. The number of benzene rings is 2. The first kappa shape index (κ1) is 16.8. The van der Waals surface area contributed by atoms with E-state index in [1.807, 2.05) is 0 Å². The Kier molecular flexibility index (Phi) is 4.43. The predicted molar refractivity (Wildman–Crippen MR) is 104 cm³/mol. The van der Waals surface area contributed by atoms with Crippen LogP contribution in [0.3, 0.4) is 0 Å². The highest BCUT2D eigenvalue weighted by atomic mass is 14.8. The molecule has 2 aliphatic carbocycles. The van der Waals surface area contributed by atoms with Crippen LogP contribution < -0.4 is 11.5 Å². The van der Waals surface area contributed by atoms with Crippen LogP contribution in [0.4, 0.5) is 0 Å². The molecule has 0 radical (unpaired) electrons. The Balaban J connectivity index is 1.68.